The van der Waals surface area contributed by atoms with E-state index in [2.05, 4.69) is 4.98 Å². The van der Waals surface area contributed by atoms with Crippen molar-refractivity contribution >= 4 is 44.8 Å². The third kappa shape index (κ3) is 3.91. The summed E-state index contributed by atoms with van der Waals surface area (Å²) in [6.45, 7) is 2.02. The number of anilines is 1. The Morgan fingerprint density at radius 3 is 2.52 bits per heavy atom. The van der Waals surface area contributed by atoms with Gasteiger partial charge in [0, 0.05) is 29.0 Å². The zero-order chi connectivity index (χ0) is 17.1. The number of aromatic nitrogens is 1. The summed E-state index contributed by atoms with van der Waals surface area (Å²) in [5, 5.41) is 0.777. The lowest BCUT2D eigenvalue weighted by Crippen LogP contribution is -2.21. The van der Waals surface area contributed by atoms with Gasteiger partial charge in [-0.1, -0.05) is 35.1 Å². The molecule has 8 heteroatoms. The van der Waals surface area contributed by atoms with E-state index in [4.69, 9.17) is 16.3 Å². The van der Waals surface area contributed by atoms with Crippen LogP contribution in [-0.4, -0.2) is 35.6 Å². The van der Waals surface area contributed by atoms with Crippen molar-refractivity contribution in [3.05, 3.63) is 39.9 Å². The Bertz CT molecular complexity index is 731. The highest BCUT2D eigenvalue weighted by molar-refractivity contribution is 7.84. The molecule has 1 aromatic heterocycles. The summed E-state index contributed by atoms with van der Waals surface area (Å²) >= 11 is 7.20. The van der Waals surface area contributed by atoms with Gasteiger partial charge in [-0.05, 0) is 24.6 Å². The van der Waals surface area contributed by atoms with Crippen LogP contribution in [0.5, 0.6) is 0 Å². The van der Waals surface area contributed by atoms with Gasteiger partial charge in [0.15, 0.2) is 15.2 Å². The van der Waals surface area contributed by atoms with Crippen LogP contribution in [-0.2, 0) is 15.5 Å². The smallest absolute Gasteiger partial charge is 0.351 e. The number of rotatable bonds is 5. The van der Waals surface area contributed by atoms with Crippen molar-refractivity contribution in [2.24, 2.45) is 0 Å². The molecule has 5 nitrogen and oxygen atoms in total. The molecule has 0 aliphatic heterocycles. The standard InChI is InChI=1S/C15H17ClN2O3S2/c1-9(10-5-7-11(8-6-10)23(4)20)18(2)15-17-13(16)12(22-15)14(19)21-3/h5-9H,1-4H3. The van der Waals surface area contributed by atoms with Crippen LogP contribution in [0.1, 0.15) is 28.2 Å². The lowest BCUT2D eigenvalue weighted by molar-refractivity contribution is 0.0606. The Balaban J connectivity index is 2.24. The van der Waals surface area contributed by atoms with E-state index in [1.807, 2.05) is 43.1 Å². The Morgan fingerprint density at radius 2 is 2.00 bits per heavy atom. The number of hydrogen-bond donors (Lipinski definition) is 0. The maximum Gasteiger partial charge on any atom is 0.351 e. The molecule has 2 unspecified atom stereocenters. The first-order chi connectivity index (χ1) is 10.8. The van der Waals surface area contributed by atoms with Gasteiger partial charge in [-0.2, -0.15) is 0 Å². The van der Waals surface area contributed by atoms with Crippen molar-refractivity contribution in [2.45, 2.75) is 17.9 Å². The lowest BCUT2D eigenvalue weighted by Gasteiger charge is -2.24. The summed E-state index contributed by atoms with van der Waals surface area (Å²) in [5.41, 5.74) is 1.05. The molecule has 1 aromatic carbocycles. The molecule has 0 aliphatic rings. The fraction of sp³-hybridized carbons (Fsp3) is 0.333. The average molecular weight is 373 g/mol. The van der Waals surface area contributed by atoms with Crippen LogP contribution in [0.2, 0.25) is 5.15 Å². The van der Waals surface area contributed by atoms with E-state index in [-0.39, 0.29) is 11.2 Å². The number of carbonyl (C=O) groups is 1. The fourth-order valence-corrected chi connectivity index (χ4v) is 3.75. The number of hydrogen-bond acceptors (Lipinski definition) is 6. The summed E-state index contributed by atoms with van der Waals surface area (Å²) < 4.78 is 16.1. The molecule has 0 fully saturated rings. The number of halogens is 1. The molecule has 1 heterocycles. The first-order valence-electron chi connectivity index (χ1n) is 6.76. The number of carbonyl (C=O) groups excluding carboxylic acids is 1. The van der Waals surface area contributed by atoms with Crippen molar-refractivity contribution in [2.75, 3.05) is 25.3 Å². The number of nitrogens with zero attached hydrogens (tertiary/aromatic N) is 2. The minimum absolute atomic E-state index is 0.0158. The number of ether oxygens (including phenoxy) is 1. The molecule has 124 valence electrons. The Labute approximate surface area is 146 Å². The minimum Gasteiger partial charge on any atom is -0.465 e. The van der Waals surface area contributed by atoms with E-state index in [1.165, 1.54) is 18.4 Å². The van der Waals surface area contributed by atoms with Gasteiger partial charge in [-0.3, -0.25) is 4.21 Å². The first-order valence-corrected chi connectivity index (χ1v) is 9.51. The van der Waals surface area contributed by atoms with Crippen LogP contribution in [0.25, 0.3) is 0 Å². The van der Waals surface area contributed by atoms with Crippen molar-refractivity contribution in [3.8, 4) is 0 Å². The van der Waals surface area contributed by atoms with Crippen molar-refractivity contribution in [3.63, 3.8) is 0 Å². The summed E-state index contributed by atoms with van der Waals surface area (Å²) in [6, 6.07) is 7.60. The molecule has 0 spiro atoms. The summed E-state index contributed by atoms with van der Waals surface area (Å²) in [6.07, 6.45) is 1.65. The number of benzene rings is 1. The zero-order valence-electron chi connectivity index (χ0n) is 13.2. The molecular formula is C15H17ClN2O3S2. The highest BCUT2D eigenvalue weighted by atomic mass is 35.5. The Kier molecular flexibility index (Phi) is 5.78. The second-order valence-corrected chi connectivity index (χ2v) is 7.63. The van der Waals surface area contributed by atoms with Gasteiger partial charge >= 0.3 is 5.97 Å². The molecule has 0 N–H and O–H groups in total. The van der Waals surface area contributed by atoms with Crippen LogP contribution in [0, 0.1) is 0 Å². The van der Waals surface area contributed by atoms with Crippen molar-refractivity contribution in [1.82, 2.24) is 4.98 Å². The molecular weight excluding hydrogens is 356 g/mol. The largest absolute Gasteiger partial charge is 0.465 e. The van der Waals surface area contributed by atoms with E-state index < -0.39 is 16.8 Å². The van der Waals surface area contributed by atoms with E-state index in [0.29, 0.717) is 10.0 Å². The monoisotopic (exact) mass is 372 g/mol. The second kappa shape index (κ2) is 7.42. The second-order valence-electron chi connectivity index (χ2n) is 4.92. The lowest BCUT2D eigenvalue weighted by atomic mass is 10.1. The van der Waals surface area contributed by atoms with Gasteiger partial charge in [0.2, 0.25) is 0 Å². The van der Waals surface area contributed by atoms with Crippen molar-refractivity contribution in [1.29, 1.82) is 0 Å². The molecule has 0 aliphatic carbocycles. The van der Waals surface area contributed by atoms with Gasteiger partial charge in [0.25, 0.3) is 0 Å². The molecule has 2 aromatic rings. The topological polar surface area (TPSA) is 59.5 Å². The third-order valence-corrected chi connectivity index (χ3v) is 5.97. The Hall–Kier alpha value is -1.44. The van der Waals surface area contributed by atoms with Crippen LogP contribution in [0.15, 0.2) is 29.2 Å². The van der Waals surface area contributed by atoms with Crippen LogP contribution >= 0.6 is 22.9 Å². The highest BCUT2D eigenvalue weighted by Gasteiger charge is 2.22. The molecule has 0 bridgehead atoms. The zero-order valence-corrected chi connectivity index (χ0v) is 15.6. The molecule has 0 radical (unpaired) electrons. The van der Waals surface area contributed by atoms with E-state index in [1.54, 1.807) is 6.26 Å². The minimum atomic E-state index is -0.996. The maximum atomic E-state index is 11.6. The number of esters is 1. The van der Waals surface area contributed by atoms with Gasteiger partial charge in [-0.15, -0.1) is 0 Å². The van der Waals surface area contributed by atoms with E-state index in [0.717, 1.165) is 10.5 Å². The van der Waals surface area contributed by atoms with Crippen molar-refractivity contribution < 1.29 is 13.7 Å². The first kappa shape index (κ1) is 17.9. The predicted molar refractivity (Wildman–Crippen MR) is 94.1 cm³/mol. The van der Waals surface area contributed by atoms with Crippen LogP contribution < -0.4 is 4.90 Å². The predicted octanol–water partition coefficient (Wildman–Crippen LogP) is 3.52. The summed E-state index contributed by atoms with van der Waals surface area (Å²) in [4.78, 5) is 18.9. The van der Waals surface area contributed by atoms with Gasteiger partial charge in [0.05, 0.1) is 13.2 Å². The quantitative estimate of drug-likeness (QED) is 0.751. The van der Waals surface area contributed by atoms with E-state index >= 15 is 0 Å². The van der Waals surface area contributed by atoms with Gasteiger partial charge in [0.1, 0.15) is 0 Å². The number of thiazole rings is 1. The molecule has 0 saturated carbocycles. The molecule has 2 atom stereocenters. The van der Waals surface area contributed by atoms with Crippen LogP contribution in [0.4, 0.5) is 5.13 Å². The third-order valence-electron chi connectivity index (χ3n) is 3.52. The Morgan fingerprint density at radius 1 is 1.39 bits per heavy atom. The SMILES string of the molecule is COC(=O)c1sc(N(C)C(C)c2ccc(S(C)=O)cc2)nc1Cl. The normalized spacial score (nSPS) is 13.4. The van der Waals surface area contributed by atoms with Gasteiger partial charge < -0.3 is 9.64 Å². The molecule has 2 rings (SSSR count). The summed E-state index contributed by atoms with van der Waals surface area (Å²) in [5.74, 6) is -0.491. The van der Waals surface area contributed by atoms with Gasteiger partial charge in [-0.25, -0.2) is 9.78 Å². The highest BCUT2D eigenvalue weighted by Crippen LogP contribution is 2.33. The van der Waals surface area contributed by atoms with Crippen LogP contribution in [0.3, 0.4) is 0 Å². The number of methoxy groups -OCH3 is 1. The fourth-order valence-electron chi connectivity index (χ4n) is 1.99. The molecule has 0 amide bonds. The maximum absolute atomic E-state index is 11.6. The molecule has 0 saturated heterocycles. The van der Waals surface area contributed by atoms with E-state index in [9.17, 15) is 9.00 Å². The average Bonchev–Trinajstić information content (AvgIpc) is 2.94. The molecule has 23 heavy (non-hydrogen) atoms. The summed E-state index contributed by atoms with van der Waals surface area (Å²) in [7, 11) is 2.19.